The van der Waals surface area contributed by atoms with Crippen LogP contribution in [0.5, 0.6) is 5.75 Å². The van der Waals surface area contributed by atoms with Crippen molar-refractivity contribution < 1.29 is 35.5 Å². The van der Waals surface area contributed by atoms with Crippen molar-refractivity contribution in [3.63, 3.8) is 0 Å². The largest absolute Gasteiger partial charge is 0.497 e. The molecule has 1 heterocycles. The first-order valence-corrected chi connectivity index (χ1v) is 11.1. The van der Waals surface area contributed by atoms with Crippen molar-refractivity contribution in [1.82, 2.24) is 4.98 Å². The number of halogens is 3. The average molecular weight is 468 g/mol. The van der Waals surface area contributed by atoms with Crippen LogP contribution in [0, 0.1) is 6.92 Å². The van der Waals surface area contributed by atoms with E-state index in [4.69, 9.17) is 9.15 Å². The highest BCUT2D eigenvalue weighted by Crippen LogP contribution is 2.30. The number of rotatable bonds is 7. The Bertz CT molecular complexity index is 1240. The standard InChI is InChI=1S/C21H19F3N2O5S/c1-13-18(26-20(31-13)14-5-3-8-17(9-14)30-2)11-32(28,29)12-19(27)25-16-7-4-6-15(10-16)21(22,23)24/h3-10H,11-12H2,1-2H3,(H,25,27). The Kier molecular flexibility index (Phi) is 6.58. The Hall–Kier alpha value is -3.34. The molecular formula is C21H19F3N2O5S. The van der Waals surface area contributed by atoms with Crippen LogP contribution in [0.1, 0.15) is 17.0 Å². The molecule has 32 heavy (non-hydrogen) atoms. The molecule has 1 amide bonds. The van der Waals surface area contributed by atoms with Gasteiger partial charge in [0.05, 0.1) is 24.1 Å². The van der Waals surface area contributed by atoms with Crippen LogP contribution in [0.15, 0.2) is 52.9 Å². The van der Waals surface area contributed by atoms with E-state index in [1.165, 1.54) is 13.2 Å². The van der Waals surface area contributed by atoms with E-state index in [0.717, 1.165) is 18.2 Å². The topological polar surface area (TPSA) is 98.5 Å². The molecule has 1 N–H and O–H groups in total. The lowest BCUT2D eigenvalue weighted by Crippen LogP contribution is -2.24. The Morgan fingerprint density at radius 3 is 2.56 bits per heavy atom. The Labute approximate surface area is 182 Å². The molecule has 0 saturated heterocycles. The quantitative estimate of drug-likeness (QED) is 0.557. The number of oxazole rings is 1. The molecule has 3 rings (SSSR count). The van der Waals surface area contributed by atoms with Crippen molar-refractivity contribution in [3.05, 3.63) is 65.5 Å². The van der Waals surface area contributed by atoms with E-state index >= 15 is 0 Å². The van der Waals surface area contributed by atoms with Gasteiger partial charge in [-0.3, -0.25) is 4.79 Å². The van der Waals surface area contributed by atoms with E-state index in [0.29, 0.717) is 11.3 Å². The van der Waals surface area contributed by atoms with Crippen molar-refractivity contribution in [2.45, 2.75) is 18.9 Å². The summed E-state index contributed by atoms with van der Waals surface area (Å²) in [4.78, 5) is 16.3. The minimum Gasteiger partial charge on any atom is -0.497 e. The van der Waals surface area contributed by atoms with Crippen LogP contribution in [0.4, 0.5) is 18.9 Å². The second kappa shape index (κ2) is 9.03. The average Bonchev–Trinajstić information content (AvgIpc) is 3.06. The predicted molar refractivity (Wildman–Crippen MR) is 111 cm³/mol. The fourth-order valence-electron chi connectivity index (χ4n) is 2.87. The first-order valence-electron chi connectivity index (χ1n) is 9.25. The Morgan fingerprint density at radius 1 is 1.16 bits per heavy atom. The monoisotopic (exact) mass is 468 g/mol. The zero-order chi connectivity index (χ0) is 23.5. The number of hydrogen-bond acceptors (Lipinski definition) is 6. The molecule has 1 aromatic heterocycles. The van der Waals surface area contributed by atoms with E-state index in [1.807, 2.05) is 0 Å². The van der Waals surface area contributed by atoms with E-state index in [1.54, 1.807) is 31.2 Å². The lowest BCUT2D eigenvalue weighted by Gasteiger charge is -2.10. The van der Waals surface area contributed by atoms with E-state index in [2.05, 4.69) is 10.3 Å². The number of anilines is 1. The van der Waals surface area contributed by atoms with Gasteiger partial charge in [0.1, 0.15) is 17.3 Å². The van der Waals surface area contributed by atoms with Crippen LogP contribution in [0.25, 0.3) is 11.5 Å². The number of hydrogen-bond donors (Lipinski definition) is 1. The summed E-state index contributed by atoms with van der Waals surface area (Å²) >= 11 is 0. The van der Waals surface area contributed by atoms with Gasteiger partial charge in [0.2, 0.25) is 11.8 Å². The van der Waals surface area contributed by atoms with Gasteiger partial charge in [0.15, 0.2) is 9.84 Å². The number of carbonyl (C=O) groups excluding carboxylic acids is 1. The number of alkyl halides is 3. The van der Waals surface area contributed by atoms with Gasteiger partial charge in [-0.15, -0.1) is 0 Å². The van der Waals surface area contributed by atoms with E-state index in [-0.39, 0.29) is 23.0 Å². The number of methoxy groups -OCH3 is 1. The second-order valence-electron chi connectivity index (χ2n) is 6.91. The van der Waals surface area contributed by atoms with Crippen molar-refractivity contribution in [1.29, 1.82) is 0 Å². The van der Waals surface area contributed by atoms with Crippen LogP contribution in [0.3, 0.4) is 0 Å². The number of amides is 1. The molecule has 0 fully saturated rings. The number of aryl methyl sites for hydroxylation is 1. The number of sulfone groups is 1. The summed E-state index contributed by atoms with van der Waals surface area (Å²) in [6.45, 7) is 1.55. The van der Waals surface area contributed by atoms with Gasteiger partial charge in [-0.25, -0.2) is 13.4 Å². The smallest absolute Gasteiger partial charge is 0.416 e. The molecule has 0 radical (unpaired) electrons. The van der Waals surface area contributed by atoms with Gasteiger partial charge >= 0.3 is 6.18 Å². The molecule has 3 aromatic rings. The first-order chi connectivity index (χ1) is 15.0. The third-order valence-electron chi connectivity index (χ3n) is 4.39. The summed E-state index contributed by atoms with van der Waals surface area (Å²) in [7, 11) is -2.48. The maximum atomic E-state index is 12.8. The summed E-state index contributed by atoms with van der Waals surface area (Å²) < 4.78 is 74.0. The van der Waals surface area contributed by atoms with Crippen molar-refractivity contribution in [2.24, 2.45) is 0 Å². The highest BCUT2D eigenvalue weighted by molar-refractivity contribution is 7.91. The van der Waals surface area contributed by atoms with Crippen molar-refractivity contribution in [2.75, 3.05) is 18.2 Å². The number of nitrogens with zero attached hydrogens (tertiary/aromatic N) is 1. The minimum absolute atomic E-state index is 0.134. The van der Waals surface area contributed by atoms with Gasteiger partial charge in [-0.05, 0) is 43.3 Å². The third-order valence-corrected chi connectivity index (χ3v) is 5.81. The summed E-state index contributed by atoms with van der Waals surface area (Å²) in [5, 5.41) is 2.18. The normalized spacial score (nSPS) is 11.9. The molecular weight excluding hydrogens is 449 g/mol. The lowest BCUT2D eigenvalue weighted by molar-refractivity contribution is -0.137. The number of ether oxygens (including phenoxy) is 1. The molecule has 7 nitrogen and oxygen atoms in total. The fraction of sp³-hybridized carbons (Fsp3) is 0.238. The van der Waals surface area contributed by atoms with Crippen molar-refractivity contribution >= 4 is 21.4 Å². The Balaban J connectivity index is 1.70. The van der Waals surface area contributed by atoms with Gasteiger partial charge in [0, 0.05) is 11.3 Å². The Morgan fingerprint density at radius 2 is 1.88 bits per heavy atom. The molecule has 0 bridgehead atoms. The molecule has 0 unspecified atom stereocenters. The summed E-state index contributed by atoms with van der Waals surface area (Å²) in [6, 6.07) is 10.8. The lowest BCUT2D eigenvalue weighted by atomic mass is 10.2. The summed E-state index contributed by atoms with van der Waals surface area (Å²) in [5.74, 6) is -1.42. The zero-order valence-corrected chi connectivity index (χ0v) is 17.9. The highest BCUT2D eigenvalue weighted by atomic mass is 32.2. The first kappa shape index (κ1) is 23.3. The molecule has 0 spiro atoms. The highest BCUT2D eigenvalue weighted by Gasteiger charge is 2.30. The molecule has 0 aliphatic carbocycles. The molecule has 0 atom stereocenters. The van der Waals surface area contributed by atoms with Gasteiger partial charge in [-0.2, -0.15) is 13.2 Å². The zero-order valence-electron chi connectivity index (χ0n) is 17.1. The SMILES string of the molecule is COc1cccc(-c2nc(CS(=O)(=O)CC(=O)Nc3cccc(C(F)(F)F)c3)c(C)o2)c1. The maximum absolute atomic E-state index is 12.8. The van der Waals surface area contributed by atoms with E-state index < -0.39 is 39.0 Å². The number of carbonyl (C=O) groups is 1. The van der Waals surface area contributed by atoms with E-state index in [9.17, 15) is 26.4 Å². The molecule has 2 aromatic carbocycles. The fourth-order valence-corrected chi connectivity index (χ4v) is 4.13. The van der Waals surface area contributed by atoms with Crippen LogP contribution in [-0.4, -0.2) is 32.2 Å². The maximum Gasteiger partial charge on any atom is 0.416 e. The molecule has 170 valence electrons. The van der Waals surface area contributed by atoms with Crippen LogP contribution in [0.2, 0.25) is 0 Å². The molecule has 0 aliphatic rings. The summed E-state index contributed by atoms with van der Waals surface area (Å²) in [6.07, 6.45) is -4.59. The second-order valence-corrected chi connectivity index (χ2v) is 8.98. The number of benzene rings is 2. The molecule has 11 heteroatoms. The van der Waals surface area contributed by atoms with Gasteiger partial charge in [-0.1, -0.05) is 12.1 Å². The van der Waals surface area contributed by atoms with Crippen LogP contribution < -0.4 is 10.1 Å². The summed E-state index contributed by atoms with van der Waals surface area (Å²) in [5.41, 5.74) is -0.396. The third kappa shape index (κ3) is 5.88. The van der Waals surface area contributed by atoms with Gasteiger partial charge in [0.25, 0.3) is 0 Å². The number of aromatic nitrogens is 1. The van der Waals surface area contributed by atoms with Crippen LogP contribution in [-0.2, 0) is 26.6 Å². The minimum atomic E-state index is -4.59. The van der Waals surface area contributed by atoms with Gasteiger partial charge < -0.3 is 14.5 Å². The predicted octanol–water partition coefficient (Wildman–Crippen LogP) is 4.23. The molecule has 0 saturated carbocycles. The van der Waals surface area contributed by atoms with Crippen molar-refractivity contribution in [3.8, 4) is 17.2 Å². The van der Waals surface area contributed by atoms with Crippen LogP contribution >= 0.6 is 0 Å². The molecule has 0 aliphatic heterocycles. The number of nitrogens with one attached hydrogen (secondary N) is 1.